The molecule has 2 aliphatic rings. The zero-order chi connectivity index (χ0) is 20.1. The summed E-state index contributed by atoms with van der Waals surface area (Å²) in [6.45, 7) is 3.54. The Balaban J connectivity index is 1.58. The summed E-state index contributed by atoms with van der Waals surface area (Å²) < 4.78 is 31.7. The summed E-state index contributed by atoms with van der Waals surface area (Å²) in [5.74, 6) is -0.795. The molecule has 0 N–H and O–H groups in total. The first kappa shape index (κ1) is 20.8. The average molecular weight is 409 g/mol. The van der Waals surface area contributed by atoms with Crippen molar-refractivity contribution in [2.45, 2.75) is 56.4 Å². The van der Waals surface area contributed by atoms with Crippen molar-refractivity contribution in [2.24, 2.45) is 0 Å². The third-order valence-corrected chi connectivity index (χ3v) is 7.45. The van der Waals surface area contributed by atoms with Crippen LogP contribution >= 0.6 is 0 Å². The van der Waals surface area contributed by atoms with Crippen LogP contribution in [0, 0.1) is 0 Å². The van der Waals surface area contributed by atoms with Crippen LogP contribution in [0.3, 0.4) is 0 Å². The van der Waals surface area contributed by atoms with Gasteiger partial charge in [-0.05, 0) is 62.8 Å². The van der Waals surface area contributed by atoms with E-state index in [2.05, 4.69) is 6.92 Å². The van der Waals surface area contributed by atoms with E-state index in [4.69, 9.17) is 4.74 Å². The van der Waals surface area contributed by atoms with Gasteiger partial charge in [-0.1, -0.05) is 6.92 Å². The zero-order valence-electron chi connectivity index (χ0n) is 16.3. The van der Waals surface area contributed by atoms with Crippen LogP contribution in [-0.4, -0.2) is 61.8 Å². The summed E-state index contributed by atoms with van der Waals surface area (Å²) in [4.78, 5) is 26.6. The Bertz CT molecular complexity index is 800. The summed E-state index contributed by atoms with van der Waals surface area (Å²) in [5.41, 5.74) is 0.235. The van der Waals surface area contributed by atoms with Crippen LogP contribution in [-0.2, 0) is 19.6 Å². The van der Waals surface area contributed by atoms with Gasteiger partial charge in [-0.2, -0.15) is 4.31 Å². The quantitative estimate of drug-likeness (QED) is 0.675. The molecule has 2 fully saturated rings. The standard InChI is InChI=1S/C20H28N2O5S/c1-2-17-7-3-4-14-22(17)19(23)15-27-20(24)16-8-10-18(11-9-16)28(25,26)21-12-5-6-13-21/h8-11,17H,2-7,12-15H2,1H3/t17-/m1/s1. The molecule has 0 aliphatic carbocycles. The van der Waals surface area contributed by atoms with Crippen LogP contribution in [0.15, 0.2) is 29.2 Å². The molecule has 154 valence electrons. The highest BCUT2D eigenvalue weighted by molar-refractivity contribution is 7.89. The Morgan fingerprint density at radius 3 is 2.32 bits per heavy atom. The number of nitrogens with zero attached hydrogens (tertiary/aromatic N) is 2. The van der Waals surface area contributed by atoms with Crippen LogP contribution < -0.4 is 0 Å². The molecule has 3 rings (SSSR count). The second kappa shape index (κ2) is 9.05. The van der Waals surface area contributed by atoms with E-state index in [0.29, 0.717) is 19.6 Å². The lowest BCUT2D eigenvalue weighted by molar-refractivity contribution is -0.138. The summed E-state index contributed by atoms with van der Waals surface area (Å²) in [5, 5.41) is 0. The van der Waals surface area contributed by atoms with Gasteiger partial charge in [0.05, 0.1) is 10.5 Å². The monoisotopic (exact) mass is 408 g/mol. The Kier molecular flexibility index (Phi) is 6.72. The van der Waals surface area contributed by atoms with Crippen LogP contribution in [0.1, 0.15) is 55.8 Å². The minimum Gasteiger partial charge on any atom is -0.452 e. The number of ether oxygens (including phenoxy) is 1. The Labute approximate surface area is 166 Å². The molecule has 0 spiro atoms. The number of carbonyl (C=O) groups is 2. The third-order valence-electron chi connectivity index (χ3n) is 5.54. The van der Waals surface area contributed by atoms with E-state index in [0.717, 1.165) is 38.5 Å². The molecule has 0 radical (unpaired) electrons. The molecule has 8 heteroatoms. The van der Waals surface area contributed by atoms with Crippen LogP contribution in [0.2, 0.25) is 0 Å². The highest BCUT2D eigenvalue weighted by Crippen LogP contribution is 2.22. The molecular formula is C20H28N2O5S. The maximum absolute atomic E-state index is 12.5. The lowest BCUT2D eigenvalue weighted by Gasteiger charge is -2.35. The molecule has 28 heavy (non-hydrogen) atoms. The van der Waals surface area contributed by atoms with Crippen molar-refractivity contribution in [1.29, 1.82) is 0 Å². The van der Waals surface area contributed by atoms with Gasteiger partial charge in [0.2, 0.25) is 10.0 Å². The van der Waals surface area contributed by atoms with Gasteiger partial charge in [0.1, 0.15) is 0 Å². The Morgan fingerprint density at radius 1 is 1.04 bits per heavy atom. The van der Waals surface area contributed by atoms with Crippen molar-refractivity contribution in [3.63, 3.8) is 0 Å². The largest absolute Gasteiger partial charge is 0.452 e. The number of amides is 1. The first-order valence-electron chi connectivity index (χ1n) is 10.0. The van der Waals surface area contributed by atoms with Gasteiger partial charge >= 0.3 is 5.97 Å². The number of carbonyl (C=O) groups excluding carboxylic acids is 2. The lowest BCUT2D eigenvalue weighted by atomic mass is 10.00. The highest BCUT2D eigenvalue weighted by Gasteiger charge is 2.28. The van der Waals surface area contributed by atoms with Gasteiger partial charge in [-0.15, -0.1) is 0 Å². The molecule has 1 aromatic rings. The fraction of sp³-hybridized carbons (Fsp3) is 0.600. The number of benzene rings is 1. The van der Waals surface area contributed by atoms with Crippen molar-refractivity contribution < 1.29 is 22.7 Å². The van der Waals surface area contributed by atoms with Gasteiger partial charge < -0.3 is 9.64 Å². The molecule has 2 saturated heterocycles. The van der Waals surface area contributed by atoms with E-state index in [1.54, 1.807) is 0 Å². The van der Waals surface area contributed by atoms with Gasteiger partial charge in [0.25, 0.3) is 5.91 Å². The summed E-state index contributed by atoms with van der Waals surface area (Å²) in [7, 11) is -3.51. The van der Waals surface area contributed by atoms with Crippen molar-refractivity contribution in [3.8, 4) is 0 Å². The summed E-state index contributed by atoms with van der Waals surface area (Å²) in [6.07, 6.45) is 5.72. The van der Waals surface area contributed by atoms with E-state index < -0.39 is 16.0 Å². The predicted octanol–water partition coefficient (Wildman–Crippen LogP) is 2.42. The normalized spacial score (nSPS) is 20.9. The molecule has 2 aliphatic heterocycles. The second-order valence-electron chi connectivity index (χ2n) is 7.36. The van der Waals surface area contributed by atoms with Gasteiger partial charge in [-0.25, -0.2) is 13.2 Å². The molecule has 1 atom stereocenters. The molecule has 1 amide bonds. The van der Waals surface area contributed by atoms with E-state index in [1.807, 2.05) is 4.90 Å². The topological polar surface area (TPSA) is 84.0 Å². The number of esters is 1. The number of hydrogen-bond acceptors (Lipinski definition) is 5. The first-order chi connectivity index (χ1) is 13.4. The van der Waals surface area contributed by atoms with E-state index >= 15 is 0 Å². The SMILES string of the molecule is CC[C@@H]1CCCCN1C(=O)COC(=O)c1ccc(S(=O)(=O)N2CCCC2)cc1. The zero-order valence-corrected chi connectivity index (χ0v) is 17.1. The third kappa shape index (κ3) is 4.55. The molecule has 0 aromatic heterocycles. The van der Waals surface area contributed by atoms with Crippen LogP contribution in [0.4, 0.5) is 0 Å². The number of hydrogen-bond donors (Lipinski definition) is 0. The minimum absolute atomic E-state index is 0.168. The van der Waals surface area contributed by atoms with E-state index in [1.165, 1.54) is 28.6 Å². The molecule has 1 aromatic carbocycles. The van der Waals surface area contributed by atoms with E-state index in [9.17, 15) is 18.0 Å². The van der Waals surface area contributed by atoms with Crippen molar-refractivity contribution >= 4 is 21.9 Å². The maximum atomic E-state index is 12.5. The van der Waals surface area contributed by atoms with Crippen molar-refractivity contribution in [1.82, 2.24) is 9.21 Å². The fourth-order valence-corrected chi connectivity index (χ4v) is 5.40. The van der Waals surface area contributed by atoms with Gasteiger partial charge in [0.15, 0.2) is 6.61 Å². The first-order valence-corrected chi connectivity index (χ1v) is 11.4. The Hall–Kier alpha value is -1.93. The summed E-state index contributed by atoms with van der Waals surface area (Å²) in [6, 6.07) is 5.93. The van der Waals surface area contributed by atoms with Crippen LogP contribution in [0.5, 0.6) is 0 Å². The molecule has 7 nitrogen and oxygen atoms in total. The molecule has 0 bridgehead atoms. The number of piperidine rings is 1. The van der Waals surface area contributed by atoms with Gasteiger partial charge in [-0.3, -0.25) is 4.79 Å². The average Bonchev–Trinajstić information content (AvgIpc) is 3.27. The Morgan fingerprint density at radius 2 is 1.68 bits per heavy atom. The van der Waals surface area contributed by atoms with Crippen LogP contribution in [0.25, 0.3) is 0 Å². The molecule has 0 saturated carbocycles. The molecular weight excluding hydrogens is 380 g/mol. The summed E-state index contributed by atoms with van der Waals surface area (Å²) >= 11 is 0. The number of rotatable bonds is 6. The van der Waals surface area contributed by atoms with Gasteiger partial charge in [0, 0.05) is 25.7 Å². The minimum atomic E-state index is -3.51. The number of sulfonamides is 1. The highest BCUT2D eigenvalue weighted by atomic mass is 32.2. The molecule has 0 unspecified atom stereocenters. The van der Waals surface area contributed by atoms with Crippen molar-refractivity contribution in [2.75, 3.05) is 26.2 Å². The smallest absolute Gasteiger partial charge is 0.338 e. The maximum Gasteiger partial charge on any atom is 0.338 e. The van der Waals surface area contributed by atoms with Crippen molar-refractivity contribution in [3.05, 3.63) is 29.8 Å². The number of likely N-dealkylation sites (tertiary alicyclic amines) is 1. The molecule has 2 heterocycles. The second-order valence-corrected chi connectivity index (χ2v) is 9.29. The predicted molar refractivity (Wildman–Crippen MR) is 104 cm³/mol. The fourth-order valence-electron chi connectivity index (χ4n) is 3.89. The van der Waals surface area contributed by atoms with E-state index in [-0.39, 0.29) is 29.0 Å². The lowest BCUT2D eigenvalue weighted by Crippen LogP contribution is -2.45.